The quantitative estimate of drug-likeness (QED) is 0.449. The van der Waals surface area contributed by atoms with E-state index in [1.54, 1.807) is 6.20 Å². The van der Waals surface area contributed by atoms with Crippen molar-refractivity contribution in [3.63, 3.8) is 0 Å². The molecule has 0 bridgehead atoms. The second-order valence-electron chi connectivity index (χ2n) is 6.02. The fraction of sp³-hybridized carbons (Fsp3) is 0.471. The van der Waals surface area contributed by atoms with Crippen LogP contribution in [0.2, 0.25) is 0 Å². The van der Waals surface area contributed by atoms with E-state index in [2.05, 4.69) is 15.0 Å². The van der Waals surface area contributed by atoms with Gasteiger partial charge in [0.2, 0.25) is 0 Å². The molecule has 1 atom stereocenters. The Labute approximate surface area is 140 Å². The number of carboxylic acids is 1. The number of nitrogens with two attached hydrogens (primary N) is 1. The Kier molecular flexibility index (Phi) is 6.66. The molecule has 1 heterocycles. The second-order valence-corrected chi connectivity index (χ2v) is 6.02. The van der Waals surface area contributed by atoms with E-state index in [-0.39, 0.29) is 6.42 Å². The molecule has 4 N–H and O–H groups in total. The zero-order valence-electron chi connectivity index (χ0n) is 13.6. The van der Waals surface area contributed by atoms with Crippen molar-refractivity contribution >= 4 is 16.9 Å². The van der Waals surface area contributed by atoms with Crippen molar-refractivity contribution in [3.05, 3.63) is 46.5 Å². The first kappa shape index (κ1) is 17.8. The number of hydrogen-bond donors (Lipinski definition) is 3. The lowest BCUT2D eigenvalue weighted by Gasteiger charge is -2.15. The maximum absolute atomic E-state index is 10.9. The zero-order chi connectivity index (χ0) is 17.4. The Bertz CT molecular complexity index is 713. The Hall–Kier alpha value is -2.50. The van der Waals surface area contributed by atoms with Gasteiger partial charge in [-0.3, -0.25) is 4.79 Å². The summed E-state index contributed by atoms with van der Waals surface area (Å²) in [6.45, 7) is 0. The molecule has 0 unspecified atom stereocenters. The van der Waals surface area contributed by atoms with Gasteiger partial charge < -0.3 is 15.8 Å². The zero-order valence-corrected chi connectivity index (χ0v) is 13.6. The molecule has 1 aliphatic rings. The number of aliphatic carboxylic acids is 1. The predicted octanol–water partition coefficient (Wildman–Crippen LogP) is 3.75. The van der Waals surface area contributed by atoms with Gasteiger partial charge in [0.15, 0.2) is 0 Å². The third kappa shape index (κ3) is 5.01. The molecule has 3 rings (SSSR count). The van der Waals surface area contributed by atoms with Crippen molar-refractivity contribution in [3.8, 4) is 0 Å². The van der Waals surface area contributed by atoms with Gasteiger partial charge in [0.05, 0.1) is 0 Å². The van der Waals surface area contributed by atoms with Gasteiger partial charge in [-0.15, -0.1) is 0 Å². The minimum atomic E-state index is -1.12. The number of nitrogens with zero attached hydrogens (tertiary/aromatic N) is 3. The van der Waals surface area contributed by atoms with Crippen LogP contribution in [0.15, 0.2) is 35.6 Å². The Balaban J connectivity index is 0.000000249. The lowest BCUT2D eigenvalue weighted by atomic mass is 9.97. The van der Waals surface area contributed by atoms with E-state index in [1.165, 1.54) is 32.1 Å². The van der Waals surface area contributed by atoms with Gasteiger partial charge in [0, 0.05) is 28.1 Å². The maximum Gasteiger partial charge on any atom is 0.312 e. The van der Waals surface area contributed by atoms with Gasteiger partial charge in [0.25, 0.3) is 0 Å². The smallest absolute Gasteiger partial charge is 0.312 e. The van der Waals surface area contributed by atoms with Crippen molar-refractivity contribution in [2.45, 2.75) is 50.6 Å². The predicted molar refractivity (Wildman–Crippen MR) is 93.6 cm³/mol. The first-order valence-electron chi connectivity index (χ1n) is 8.19. The molecule has 0 aliphatic heterocycles. The minimum Gasteiger partial charge on any atom is -0.481 e. The minimum absolute atomic E-state index is 0.184. The number of benzene rings is 1. The summed E-state index contributed by atoms with van der Waals surface area (Å²) in [6.07, 6.45) is 8.59. The molecule has 24 heavy (non-hydrogen) atoms. The molecule has 7 heteroatoms. The van der Waals surface area contributed by atoms with Crippen LogP contribution in [-0.4, -0.2) is 28.1 Å². The highest BCUT2D eigenvalue weighted by molar-refractivity contribution is 5.84. The van der Waals surface area contributed by atoms with Crippen molar-refractivity contribution < 1.29 is 9.90 Å². The highest BCUT2D eigenvalue weighted by atomic mass is 16.4. The maximum atomic E-state index is 10.9. The SMILES string of the molecule is NC1CCCCC1.[N-]=[N+]=N[C@H](Cc1c[nH]c2ccccc12)C(=O)O. The lowest BCUT2D eigenvalue weighted by molar-refractivity contribution is -0.138. The highest BCUT2D eigenvalue weighted by Crippen LogP contribution is 2.20. The first-order valence-corrected chi connectivity index (χ1v) is 8.19. The fourth-order valence-electron chi connectivity index (χ4n) is 2.88. The summed E-state index contributed by atoms with van der Waals surface area (Å²) >= 11 is 0. The summed E-state index contributed by atoms with van der Waals surface area (Å²) in [4.78, 5) is 16.5. The van der Waals surface area contributed by atoms with Crippen molar-refractivity contribution in [2.24, 2.45) is 10.8 Å². The Morgan fingerprint density at radius 2 is 2.08 bits per heavy atom. The molecule has 0 saturated heterocycles. The summed E-state index contributed by atoms with van der Waals surface area (Å²) in [5.74, 6) is -1.12. The van der Waals surface area contributed by atoms with Crippen LogP contribution in [0.3, 0.4) is 0 Å². The molecule has 1 aromatic carbocycles. The third-order valence-electron chi connectivity index (χ3n) is 4.21. The van der Waals surface area contributed by atoms with Crippen LogP contribution in [-0.2, 0) is 11.2 Å². The van der Waals surface area contributed by atoms with E-state index < -0.39 is 12.0 Å². The number of nitrogens with one attached hydrogen (secondary N) is 1. The number of H-pyrrole nitrogens is 1. The number of aromatic amines is 1. The van der Waals surface area contributed by atoms with Crippen LogP contribution in [0.5, 0.6) is 0 Å². The normalized spacial score (nSPS) is 15.9. The van der Waals surface area contributed by atoms with Crippen molar-refractivity contribution in [1.82, 2.24) is 4.98 Å². The third-order valence-corrected chi connectivity index (χ3v) is 4.21. The molecular weight excluding hydrogens is 306 g/mol. The van der Waals surface area contributed by atoms with Gasteiger partial charge >= 0.3 is 5.97 Å². The molecule has 1 fully saturated rings. The number of para-hydroxylation sites is 1. The molecular formula is C17H23N5O2. The van der Waals surface area contributed by atoms with Crippen molar-refractivity contribution in [2.75, 3.05) is 0 Å². The molecule has 128 valence electrons. The summed E-state index contributed by atoms with van der Waals surface area (Å²) in [5.41, 5.74) is 15.7. The number of azide groups is 1. The van der Waals surface area contributed by atoms with Gasteiger partial charge in [0.1, 0.15) is 6.04 Å². The van der Waals surface area contributed by atoms with Gasteiger partial charge in [-0.25, -0.2) is 0 Å². The summed E-state index contributed by atoms with van der Waals surface area (Å²) < 4.78 is 0. The summed E-state index contributed by atoms with van der Waals surface area (Å²) in [5, 5.41) is 13.1. The van der Waals surface area contributed by atoms with E-state index in [4.69, 9.17) is 16.4 Å². The molecule has 0 radical (unpaired) electrons. The van der Waals surface area contributed by atoms with Gasteiger partial charge in [-0.2, -0.15) is 0 Å². The van der Waals surface area contributed by atoms with E-state index in [9.17, 15) is 4.79 Å². The average Bonchev–Trinajstić information content (AvgIpc) is 2.99. The van der Waals surface area contributed by atoms with Gasteiger partial charge in [-0.05, 0) is 36.4 Å². The summed E-state index contributed by atoms with van der Waals surface area (Å²) in [6, 6.07) is 7.04. The van der Waals surface area contributed by atoms with Gasteiger partial charge in [-0.1, -0.05) is 42.6 Å². The average molecular weight is 329 g/mol. The molecule has 0 amide bonds. The first-order chi connectivity index (χ1) is 11.6. The molecule has 0 spiro atoms. The number of aromatic nitrogens is 1. The van der Waals surface area contributed by atoms with Crippen LogP contribution in [0.25, 0.3) is 21.3 Å². The molecule has 7 nitrogen and oxygen atoms in total. The largest absolute Gasteiger partial charge is 0.481 e. The highest BCUT2D eigenvalue weighted by Gasteiger charge is 2.17. The topological polar surface area (TPSA) is 128 Å². The number of fused-ring (bicyclic) bond motifs is 1. The standard InChI is InChI=1S/C11H10N4O2.C6H13N/c12-15-14-10(11(16)17)5-7-6-13-9-4-2-1-3-8(7)9;7-6-4-2-1-3-5-6/h1-4,6,10,13H,5H2,(H,16,17);6H,1-5,7H2/t10-;/m1./s1. The molecule has 1 aromatic heterocycles. The number of rotatable bonds is 4. The Morgan fingerprint density at radius 1 is 1.38 bits per heavy atom. The number of carboxylic acid groups (broad SMARTS) is 1. The second kappa shape index (κ2) is 8.96. The molecule has 2 aromatic rings. The lowest BCUT2D eigenvalue weighted by Crippen LogP contribution is -2.22. The van der Waals surface area contributed by atoms with Crippen LogP contribution in [0, 0.1) is 0 Å². The van der Waals surface area contributed by atoms with E-state index in [0.29, 0.717) is 6.04 Å². The molecule has 1 saturated carbocycles. The van der Waals surface area contributed by atoms with Crippen LogP contribution < -0.4 is 5.73 Å². The number of carbonyl (C=O) groups is 1. The van der Waals surface area contributed by atoms with E-state index >= 15 is 0 Å². The molecule has 1 aliphatic carbocycles. The van der Waals surface area contributed by atoms with E-state index in [1.807, 2.05) is 24.3 Å². The van der Waals surface area contributed by atoms with Crippen LogP contribution in [0.1, 0.15) is 37.7 Å². The van der Waals surface area contributed by atoms with Crippen LogP contribution in [0.4, 0.5) is 0 Å². The monoisotopic (exact) mass is 329 g/mol. The van der Waals surface area contributed by atoms with Crippen molar-refractivity contribution in [1.29, 1.82) is 0 Å². The Morgan fingerprint density at radius 3 is 2.67 bits per heavy atom. The van der Waals surface area contributed by atoms with Crippen LogP contribution >= 0.6 is 0 Å². The fourth-order valence-corrected chi connectivity index (χ4v) is 2.88. The number of hydrogen-bond acceptors (Lipinski definition) is 3. The summed E-state index contributed by atoms with van der Waals surface area (Å²) in [7, 11) is 0. The van der Waals surface area contributed by atoms with E-state index in [0.717, 1.165) is 16.5 Å².